The third-order valence-electron chi connectivity index (χ3n) is 1.79. The van der Waals surface area contributed by atoms with Crippen LogP contribution in [-0.2, 0) is 15.8 Å². The van der Waals surface area contributed by atoms with Crippen LogP contribution in [0.3, 0.4) is 0 Å². The Kier molecular flexibility index (Phi) is 3.91. The van der Waals surface area contributed by atoms with Crippen LogP contribution in [0.2, 0.25) is 0 Å². The molecule has 0 fully saturated rings. The molecule has 0 unspecified atom stereocenters. The average Bonchev–Trinajstić information content (AvgIpc) is 2.47. The first-order valence-electron chi connectivity index (χ1n) is 3.90. The molecule has 2 rings (SSSR count). The number of primary sulfonamides is 1. The van der Waals surface area contributed by atoms with Crippen LogP contribution in [0, 0.1) is 0 Å². The van der Waals surface area contributed by atoms with E-state index in [-0.39, 0.29) is 35.3 Å². The number of nitrogens with two attached hydrogens (primary N) is 1. The number of fused-ring (bicyclic) bond motifs is 1. The molecular weight excluding hydrogens is 227 g/mol. The maximum atomic E-state index is 10.8. The number of rotatable bonds is 2. The van der Waals surface area contributed by atoms with E-state index in [1.165, 1.54) is 0 Å². The Hall–Kier alpha value is -0.400. The van der Waals surface area contributed by atoms with Gasteiger partial charge in [-0.05, 0) is 12.1 Å². The first-order chi connectivity index (χ1) is 6.56. The topological polar surface area (TPSA) is 86.2 Å². The minimum absolute atomic E-state index is 0. The minimum atomic E-state index is -3.56. The summed E-state index contributed by atoms with van der Waals surface area (Å²) >= 11 is 0. The monoisotopic (exact) mass is 236 g/mol. The molecule has 0 aliphatic heterocycles. The van der Waals surface area contributed by atoms with Gasteiger partial charge in [0.05, 0.1) is 0 Å². The van der Waals surface area contributed by atoms with Crippen LogP contribution in [-0.4, -0.2) is 43.1 Å². The van der Waals surface area contributed by atoms with Crippen molar-refractivity contribution in [2.75, 3.05) is 0 Å². The number of nitrogens with zero attached hydrogens (tertiary/aromatic N) is 1. The number of para-hydroxylation sites is 1. The zero-order chi connectivity index (χ0) is 10.2. The first-order valence-corrected chi connectivity index (χ1v) is 5.61. The Morgan fingerprint density at radius 3 is 2.67 bits per heavy atom. The van der Waals surface area contributed by atoms with Gasteiger partial charge >= 0.3 is 29.6 Å². The molecule has 7 heteroatoms. The SMILES string of the molecule is NS(=O)(=O)Cc1noc2ccccc12.[NaH]. The van der Waals surface area contributed by atoms with E-state index in [0.717, 1.165) is 0 Å². The fourth-order valence-electron chi connectivity index (χ4n) is 1.23. The van der Waals surface area contributed by atoms with Gasteiger partial charge in [-0.15, -0.1) is 0 Å². The Balaban J connectivity index is 0.00000112. The van der Waals surface area contributed by atoms with E-state index in [4.69, 9.17) is 9.66 Å². The second-order valence-corrected chi connectivity index (χ2v) is 4.55. The van der Waals surface area contributed by atoms with Gasteiger partial charge in [-0.1, -0.05) is 17.3 Å². The molecule has 0 atom stereocenters. The molecular formula is C8H9N2NaO3S. The number of hydrogen-bond acceptors (Lipinski definition) is 4. The van der Waals surface area contributed by atoms with Gasteiger partial charge in [-0.25, -0.2) is 13.6 Å². The average molecular weight is 236 g/mol. The van der Waals surface area contributed by atoms with E-state index in [1.54, 1.807) is 24.3 Å². The second-order valence-electron chi connectivity index (χ2n) is 2.93. The van der Waals surface area contributed by atoms with Gasteiger partial charge in [0.15, 0.2) is 5.58 Å². The molecule has 0 amide bonds. The fourth-order valence-corrected chi connectivity index (χ4v) is 1.82. The summed E-state index contributed by atoms with van der Waals surface area (Å²) in [6.45, 7) is 0. The Labute approximate surface area is 109 Å². The molecule has 2 aromatic rings. The van der Waals surface area contributed by atoms with Crippen LogP contribution in [0.1, 0.15) is 5.69 Å². The van der Waals surface area contributed by atoms with Crippen LogP contribution in [0.15, 0.2) is 28.8 Å². The van der Waals surface area contributed by atoms with Crippen molar-refractivity contribution >= 4 is 50.5 Å². The molecule has 15 heavy (non-hydrogen) atoms. The van der Waals surface area contributed by atoms with E-state index in [1.807, 2.05) is 0 Å². The van der Waals surface area contributed by atoms with Crippen molar-refractivity contribution in [3.63, 3.8) is 0 Å². The van der Waals surface area contributed by atoms with Gasteiger partial charge in [0.2, 0.25) is 10.0 Å². The van der Waals surface area contributed by atoms with Crippen molar-refractivity contribution in [3.05, 3.63) is 30.0 Å². The van der Waals surface area contributed by atoms with Crippen molar-refractivity contribution in [1.29, 1.82) is 0 Å². The molecule has 0 aliphatic rings. The van der Waals surface area contributed by atoms with Gasteiger partial charge in [-0.3, -0.25) is 0 Å². The number of hydrogen-bond donors (Lipinski definition) is 1. The van der Waals surface area contributed by atoms with Crippen LogP contribution in [0.4, 0.5) is 0 Å². The maximum absolute atomic E-state index is 10.8. The third kappa shape index (κ3) is 3.02. The molecule has 5 nitrogen and oxygen atoms in total. The standard InChI is InChI=1S/C8H8N2O3S.Na.H/c9-14(11,12)5-7-6-3-1-2-4-8(6)13-10-7;;/h1-4H,5H2,(H2,9,11,12);;. The van der Waals surface area contributed by atoms with E-state index in [2.05, 4.69) is 5.16 Å². The van der Waals surface area contributed by atoms with Gasteiger partial charge in [0.25, 0.3) is 0 Å². The summed E-state index contributed by atoms with van der Waals surface area (Å²) in [6.07, 6.45) is 0. The molecule has 0 saturated carbocycles. The van der Waals surface area contributed by atoms with Crippen molar-refractivity contribution < 1.29 is 12.9 Å². The normalized spacial score (nSPS) is 11.3. The molecule has 0 bridgehead atoms. The molecule has 0 aliphatic carbocycles. The summed E-state index contributed by atoms with van der Waals surface area (Å²) in [7, 11) is -3.56. The number of benzene rings is 1. The Morgan fingerprint density at radius 1 is 1.33 bits per heavy atom. The predicted molar refractivity (Wildman–Crippen MR) is 58.0 cm³/mol. The van der Waals surface area contributed by atoms with Crippen molar-refractivity contribution in [3.8, 4) is 0 Å². The molecule has 1 aromatic carbocycles. The van der Waals surface area contributed by atoms with Gasteiger partial charge in [-0.2, -0.15) is 0 Å². The van der Waals surface area contributed by atoms with Crippen molar-refractivity contribution in [1.82, 2.24) is 5.16 Å². The summed E-state index contributed by atoms with van der Waals surface area (Å²) in [5.74, 6) is -0.302. The molecule has 76 valence electrons. The molecule has 0 saturated heterocycles. The van der Waals surface area contributed by atoms with Crippen LogP contribution >= 0.6 is 0 Å². The van der Waals surface area contributed by atoms with E-state index in [0.29, 0.717) is 16.7 Å². The van der Waals surface area contributed by atoms with E-state index in [9.17, 15) is 8.42 Å². The zero-order valence-electron chi connectivity index (χ0n) is 7.17. The predicted octanol–water partition coefficient (Wildman–Crippen LogP) is -0.0322. The van der Waals surface area contributed by atoms with Crippen molar-refractivity contribution in [2.24, 2.45) is 5.14 Å². The van der Waals surface area contributed by atoms with Gasteiger partial charge in [0.1, 0.15) is 11.4 Å². The quantitative estimate of drug-likeness (QED) is 0.742. The molecule has 2 N–H and O–H groups in total. The van der Waals surface area contributed by atoms with Crippen molar-refractivity contribution in [2.45, 2.75) is 5.75 Å². The summed E-state index contributed by atoms with van der Waals surface area (Å²) in [5.41, 5.74) is 0.911. The molecule has 0 spiro atoms. The summed E-state index contributed by atoms with van der Waals surface area (Å²) in [6, 6.07) is 7.03. The summed E-state index contributed by atoms with van der Waals surface area (Å²) in [5, 5.41) is 9.24. The van der Waals surface area contributed by atoms with Crippen LogP contribution < -0.4 is 5.14 Å². The van der Waals surface area contributed by atoms with Gasteiger partial charge < -0.3 is 4.52 Å². The van der Waals surface area contributed by atoms with Gasteiger partial charge in [0, 0.05) is 5.39 Å². The Morgan fingerprint density at radius 2 is 2.00 bits per heavy atom. The molecule has 1 heterocycles. The number of aromatic nitrogens is 1. The third-order valence-corrected chi connectivity index (χ3v) is 2.47. The first kappa shape index (κ1) is 12.7. The fraction of sp³-hybridized carbons (Fsp3) is 0.125. The second kappa shape index (κ2) is 4.63. The number of sulfonamides is 1. The van der Waals surface area contributed by atoms with Crippen LogP contribution in [0.25, 0.3) is 11.0 Å². The van der Waals surface area contributed by atoms with E-state index < -0.39 is 10.0 Å². The molecule has 1 aromatic heterocycles. The zero-order valence-corrected chi connectivity index (χ0v) is 7.99. The van der Waals surface area contributed by atoms with E-state index >= 15 is 0 Å². The summed E-state index contributed by atoms with van der Waals surface area (Å²) in [4.78, 5) is 0. The Bertz CT molecular complexity index is 564. The van der Waals surface area contributed by atoms with Crippen LogP contribution in [0.5, 0.6) is 0 Å². The molecule has 0 radical (unpaired) electrons. The summed E-state index contributed by atoms with van der Waals surface area (Å²) < 4.78 is 26.6.